The third kappa shape index (κ3) is 4.19. The van der Waals surface area contributed by atoms with E-state index in [1.807, 2.05) is 56.4 Å². The Morgan fingerprint density at radius 1 is 1.00 bits per heavy atom. The van der Waals surface area contributed by atoms with Gasteiger partial charge in [0.05, 0.1) is 18.5 Å². The molecule has 1 saturated heterocycles. The van der Waals surface area contributed by atoms with E-state index in [1.54, 1.807) is 16.7 Å². The lowest BCUT2D eigenvalue weighted by molar-refractivity contribution is 0.208. The van der Waals surface area contributed by atoms with E-state index in [1.165, 1.54) is 0 Å². The summed E-state index contributed by atoms with van der Waals surface area (Å²) in [5.41, 5.74) is 2.67. The number of aryl methyl sites for hydroxylation is 2. The minimum Gasteiger partial charge on any atom is -0.495 e. The van der Waals surface area contributed by atoms with E-state index in [-0.39, 0.29) is 6.03 Å². The van der Waals surface area contributed by atoms with Crippen LogP contribution < -0.4 is 15.0 Å². The van der Waals surface area contributed by atoms with Gasteiger partial charge in [-0.1, -0.05) is 6.07 Å². The number of nitrogens with zero attached hydrogens (tertiary/aromatic N) is 6. The third-order valence-electron chi connectivity index (χ3n) is 5.08. The lowest BCUT2D eigenvalue weighted by Crippen LogP contribution is -2.50. The summed E-state index contributed by atoms with van der Waals surface area (Å²) >= 11 is 0. The molecule has 156 valence electrons. The van der Waals surface area contributed by atoms with Crippen LogP contribution in [0.2, 0.25) is 0 Å². The Morgan fingerprint density at radius 2 is 1.73 bits per heavy atom. The molecule has 3 heterocycles. The largest absolute Gasteiger partial charge is 0.495 e. The van der Waals surface area contributed by atoms with Crippen LogP contribution in [-0.2, 0) is 0 Å². The van der Waals surface area contributed by atoms with Crippen molar-refractivity contribution in [1.29, 1.82) is 0 Å². The van der Waals surface area contributed by atoms with Crippen molar-refractivity contribution in [2.24, 2.45) is 0 Å². The van der Waals surface area contributed by atoms with Gasteiger partial charge in [0.1, 0.15) is 5.75 Å². The topological polar surface area (TPSA) is 88.4 Å². The first kappa shape index (κ1) is 19.7. The molecule has 3 aromatic rings. The Morgan fingerprint density at radius 3 is 2.37 bits per heavy atom. The zero-order valence-electron chi connectivity index (χ0n) is 17.4. The summed E-state index contributed by atoms with van der Waals surface area (Å²) in [6.45, 7) is 6.49. The number of benzene rings is 1. The van der Waals surface area contributed by atoms with Crippen LogP contribution in [0.5, 0.6) is 5.75 Å². The fourth-order valence-electron chi connectivity index (χ4n) is 3.40. The van der Waals surface area contributed by atoms with E-state index in [9.17, 15) is 4.79 Å². The molecule has 0 radical (unpaired) electrons. The van der Waals surface area contributed by atoms with Crippen molar-refractivity contribution >= 4 is 17.5 Å². The normalized spacial score (nSPS) is 14.0. The fraction of sp³-hybridized carbons (Fsp3) is 0.333. The quantitative estimate of drug-likeness (QED) is 0.715. The van der Waals surface area contributed by atoms with Gasteiger partial charge < -0.3 is 19.9 Å². The molecule has 1 aliphatic rings. The lowest BCUT2D eigenvalue weighted by atomic mass is 10.2. The molecule has 0 spiro atoms. The van der Waals surface area contributed by atoms with Gasteiger partial charge in [-0.3, -0.25) is 0 Å². The molecular weight excluding hydrogens is 382 g/mol. The summed E-state index contributed by atoms with van der Waals surface area (Å²) in [5.74, 6) is 2.12. The van der Waals surface area contributed by atoms with Gasteiger partial charge in [0.2, 0.25) is 0 Å². The molecule has 4 rings (SSSR count). The first-order valence-corrected chi connectivity index (χ1v) is 9.85. The Kier molecular flexibility index (Phi) is 5.51. The number of nitrogens with one attached hydrogen (secondary N) is 1. The highest BCUT2D eigenvalue weighted by Gasteiger charge is 2.23. The highest BCUT2D eigenvalue weighted by Crippen LogP contribution is 2.25. The smallest absolute Gasteiger partial charge is 0.322 e. The number of amides is 2. The van der Waals surface area contributed by atoms with Crippen molar-refractivity contribution in [3.8, 4) is 11.6 Å². The van der Waals surface area contributed by atoms with Crippen molar-refractivity contribution in [3.63, 3.8) is 0 Å². The molecule has 1 N–H and O–H groups in total. The van der Waals surface area contributed by atoms with Gasteiger partial charge in [0.15, 0.2) is 11.6 Å². The van der Waals surface area contributed by atoms with Crippen LogP contribution >= 0.6 is 0 Å². The molecule has 1 aromatic carbocycles. The SMILES string of the molecule is COc1ccc(C)cc1NC(=O)N1CCN(c2ccc(-n3ccc(C)n3)nn2)CC1. The predicted molar refractivity (Wildman–Crippen MR) is 114 cm³/mol. The van der Waals surface area contributed by atoms with Crippen LogP contribution in [0.3, 0.4) is 0 Å². The Labute approximate surface area is 175 Å². The second-order valence-electron chi connectivity index (χ2n) is 7.26. The number of carbonyl (C=O) groups is 1. The molecule has 0 bridgehead atoms. The van der Waals surface area contributed by atoms with Gasteiger partial charge in [0.25, 0.3) is 0 Å². The summed E-state index contributed by atoms with van der Waals surface area (Å²) in [4.78, 5) is 16.6. The maximum Gasteiger partial charge on any atom is 0.322 e. The molecule has 1 fully saturated rings. The number of piperazine rings is 1. The molecule has 0 aliphatic carbocycles. The van der Waals surface area contributed by atoms with E-state index >= 15 is 0 Å². The molecule has 0 atom stereocenters. The maximum absolute atomic E-state index is 12.7. The minimum atomic E-state index is -0.131. The monoisotopic (exact) mass is 407 g/mol. The van der Waals surface area contributed by atoms with Gasteiger partial charge in [-0.05, 0) is 49.7 Å². The first-order chi connectivity index (χ1) is 14.5. The number of urea groups is 1. The summed E-state index contributed by atoms with van der Waals surface area (Å²) < 4.78 is 7.05. The number of ether oxygens (including phenoxy) is 1. The van der Waals surface area contributed by atoms with Gasteiger partial charge in [-0.15, -0.1) is 10.2 Å². The second-order valence-corrected chi connectivity index (χ2v) is 7.26. The molecule has 9 nitrogen and oxygen atoms in total. The van der Waals surface area contributed by atoms with Crippen LogP contribution in [-0.4, -0.2) is 64.2 Å². The zero-order chi connectivity index (χ0) is 21.1. The number of methoxy groups -OCH3 is 1. The standard InChI is InChI=1S/C21H25N7O2/c1-15-4-5-18(30-3)17(14-15)22-21(29)27-12-10-26(11-13-27)19-6-7-20(24-23-19)28-9-8-16(2)25-28/h4-9,14H,10-13H2,1-3H3,(H,22,29). The van der Waals surface area contributed by atoms with E-state index in [2.05, 4.69) is 25.5 Å². The van der Waals surface area contributed by atoms with Crippen molar-refractivity contribution in [2.45, 2.75) is 13.8 Å². The molecule has 1 aliphatic heterocycles. The van der Waals surface area contributed by atoms with Crippen molar-refractivity contribution in [1.82, 2.24) is 24.9 Å². The molecule has 30 heavy (non-hydrogen) atoms. The highest BCUT2D eigenvalue weighted by molar-refractivity contribution is 5.91. The van der Waals surface area contributed by atoms with Crippen LogP contribution in [0.15, 0.2) is 42.6 Å². The fourth-order valence-corrected chi connectivity index (χ4v) is 3.40. The summed E-state index contributed by atoms with van der Waals surface area (Å²) in [6.07, 6.45) is 1.86. The van der Waals surface area contributed by atoms with Crippen LogP contribution in [0.1, 0.15) is 11.3 Å². The van der Waals surface area contributed by atoms with E-state index in [0.29, 0.717) is 43.4 Å². The zero-order valence-corrected chi connectivity index (χ0v) is 17.4. The van der Waals surface area contributed by atoms with Crippen LogP contribution in [0.25, 0.3) is 5.82 Å². The first-order valence-electron chi connectivity index (χ1n) is 9.85. The third-order valence-corrected chi connectivity index (χ3v) is 5.08. The average Bonchev–Trinajstić information content (AvgIpc) is 3.20. The lowest BCUT2D eigenvalue weighted by Gasteiger charge is -2.35. The highest BCUT2D eigenvalue weighted by atomic mass is 16.5. The van der Waals surface area contributed by atoms with Gasteiger partial charge in [-0.2, -0.15) is 5.10 Å². The predicted octanol–water partition coefficient (Wildman–Crippen LogP) is 2.64. The number of hydrogen-bond donors (Lipinski definition) is 1. The number of carbonyl (C=O) groups excluding carboxylic acids is 1. The van der Waals surface area contributed by atoms with Crippen LogP contribution in [0.4, 0.5) is 16.3 Å². The average molecular weight is 407 g/mol. The molecular formula is C21H25N7O2. The van der Waals surface area contributed by atoms with Gasteiger partial charge in [0, 0.05) is 32.4 Å². The molecule has 0 unspecified atom stereocenters. The number of rotatable bonds is 4. The Balaban J connectivity index is 1.35. The van der Waals surface area contributed by atoms with E-state index in [0.717, 1.165) is 17.1 Å². The maximum atomic E-state index is 12.7. The molecule has 2 amide bonds. The van der Waals surface area contributed by atoms with Crippen molar-refractivity contribution in [2.75, 3.05) is 43.5 Å². The summed E-state index contributed by atoms with van der Waals surface area (Å²) in [5, 5.41) is 15.9. The summed E-state index contributed by atoms with van der Waals surface area (Å²) in [6, 6.07) is 11.3. The Bertz CT molecular complexity index is 1020. The van der Waals surface area contributed by atoms with Gasteiger partial charge >= 0.3 is 6.03 Å². The Hall–Kier alpha value is -3.62. The van der Waals surface area contributed by atoms with Crippen LogP contribution in [0, 0.1) is 13.8 Å². The van der Waals surface area contributed by atoms with E-state index in [4.69, 9.17) is 4.74 Å². The van der Waals surface area contributed by atoms with E-state index < -0.39 is 0 Å². The number of anilines is 2. The van der Waals surface area contributed by atoms with Crippen molar-refractivity contribution < 1.29 is 9.53 Å². The van der Waals surface area contributed by atoms with Crippen molar-refractivity contribution in [3.05, 3.63) is 53.9 Å². The van der Waals surface area contributed by atoms with Gasteiger partial charge in [-0.25, -0.2) is 9.48 Å². The number of hydrogen-bond acceptors (Lipinski definition) is 6. The number of aromatic nitrogens is 4. The molecule has 2 aromatic heterocycles. The molecule has 9 heteroatoms. The molecule has 0 saturated carbocycles. The minimum absolute atomic E-state index is 0.131. The second kappa shape index (κ2) is 8.40. The summed E-state index contributed by atoms with van der Waals surface area (Å²) in [7, 11) is 1.60.